The number of morpholine rings is 1. The van der Waals surface area contributed by atoms with Gasteiger partial charge >= 0.3 is 12.0 Å². The number of hydrogen-bond acceptors (Lipinski definition) is 5. The van der Waals surface area contributed by atoms with E-state index in [9.17, 15) is 14.4 Å². The van der Waals surface area contributed by atoms with Crippen LogP contribution in [0, 0.1) is 0 Å². The van der Waals surface area contributed by atoms with Crippen LogP contribution in [0.5, 0.6) is 0 Å². The number of hydrogen-bond donors (Lipinski definition) is 3. The molecule has 0 aromatic rings. The lowest BCUT2D eigenvalue weighted by Gasteiger charge is -2.26. The van der Waals surface area contributed by atoms with Crippen molar-refractivity contribution < 1.29 is 24.2 Å². The summed E-state index contributed by atoms with van der Waals surface area (Å²) >= 11 is 0. The maximum atomic E-state index is 11.4. The molecule has 0 saturated carbocycles. The first-order valence-electron chi connectivity index (χ1n) is 6.23. The molecule has 0 aromatic heterocycles. The SMILES string of the molecule is O=C(O)CCCCC(=O)NC(=O)NN1CCOCC1. The highest BCUT2D eigenvalue weighted by atomic mass is 16.5. The maximum absolute atomic E-state index is 11.4. The Hall–Kier alpha value is -1.67. The van der Waals surface area contributed by atoms with Crippen molar-refractivity contribution >= 4 is 17.9 Å². The zero-order chi connectivity index (χ0) is 14.1. The molecule has 8 heteroatoms. The first-order chi connectivity index (χ1) is 9.08. The van der Waals surface area contributed by atoms with Crippen molar-refractivity contribution in [3.05, 3.63) is 0 Å². The summed E-state index contributed by atoms with van der Waals surface area (Å²) in [6.45, 7) is 2.26. The number of hydrazine groups is 1. The predicted molar refractivity (Wildman–Crippen MR) is 65.2 cm³/mol. The third-order valence-electron chi connectivity index (χ3n) is 2.57. The Morgan fingerprint density at radius 3 is 2.37 bits per heavy atom. The molecule has 1 rings (SSSR count). The molecule has 1 heterocycles. The van der Waals surface area contributed by atoms with Gasteiger partial charge in [0.2, 0.25) is 5.91 Å². The van der Waals surface area contributed by atoms with Gasteiger partial charge < -0.3 is 9.84 Å². The summed E-state index contributed by atoms with van der Waals surface area (Å²) in [7, 11) is 0. The van der Waals surface area contributed by atoms with Crippen LogP contribution in [0.1, 0.15) is 25.7 Å². The number of nitrogens with zero attached hydrogens (tertiary/aromatic N) is 1. The topological polar surface area (TPSA) is 108 Å². The second-order valence-electron chi connectivity index (χ2n) is 4.19. The Balaban J connectivity index is 2.09. The zero-order valence-corrected chi connectivity index (χ0v) is 10.7. The van der Waals surface area contributed by atoms with Crippen molar-refractivity contribution in [3.8, 4) is 0 Å². The molecule has 3 amide bonds. The van der Waals surface area contributed by atoms with Gasteiger partial charge in [0.05, 0.1) is 13.2 Å². The number of carbonyl (C=O) groups excluding carboxylic acids is 2. The van der Waals surface area contributed by atoms with Crippen LogP contribution in [-0.2, 0) is 14.3 Å². The van der Waals surface area contributed by atoms with Crippen LogP contribution in [-0.4, -0.2) is 54.3 Å². The molecular weight excluding hydrogens is 254 g/mol. The van der Waals surface area contributed by atoms with Gasteiger partial charge in [0.15, 0.2) is 0 Å². The number of imide groups is 1. The zero-order valence-electron chi connectivity index (χ0n) is 10.7. The van der Waals surface area contributed by atoms with E-state index >= 15 is 0 Å². The molecule has 0 atom stereocenters. The number of urea groups is 1. The van der Waals surface area contributed by atoms with E-state index in [0.29, 0.717) is 39.1 Å². The smallest absolute Gasteiger partial charge is 0.335 e. The number of rotatable bonds is 6. The second kappa shape index (κ2) is 8.44. The van der Waals surface area contributed by atoms with E-state index in [-0.39, 0.29) is 12.8 Å². The number of unbranched alkanes of at least 4 members (excludes halogenated alkanes) is 1. The van der Waals surface area contributed by atoms with Gasteiger partial charge in [-0.3, -0.25) is 20.3 Å². The first-order valence-corrected chi connectivity index (χ1v) is 6.23. The monoisotopic (exact) mass is 273 g/mol. The van der Waals surface area contributed by atoms with Gasteiger partial charge in [-0.05, 0) is 12.8 Å². The molecule has 0 radical (unpaired) electrons. The maximum Gasteiger partial charge on any atom is 0.335 e. The van der Waals surface area contributed by atoms with Gasteiger partial charge in [-0.2, -0.15) is 0 Å². The number of carboxylic acid groups (broad SMARTS) is 1. The van der Waals surface area contributed by atoms with Crippen LogP contribution >= 0.6 is 0 Å². The summed E-state index contributed by atoms with van der Waals surface area (Å²) in [5.74, 6) is -1.29. The summed E-state index contributed by atoms with van der Waals surface area (Å²) < 4.78 is 5.12. The Kier molecular flexibility index (Phi) is 6.83. The summed E-state index contributed by atoms with van der Waals surface area (Å²) in [5.41, 5.74) is 2.55. The summed E-state index contributed by atoms with van der Waals surface area (Å²) in [5, 5.41) is 12.3. The van der Waals surface area contributed by atoms with Gasteiger partial charge in [-0.1, -0.05) is 0 Å². The highest BCUT2D eigenvalue weighted by Gasteiger charge is 2.14. The molecule has 8 nitrogen and oxygen atoms in total. The van der Waals surface area contributed by atoms with Crippen molar-refractivity contribution in [2.45, 2.75) is 25.7 Å². The van der Waals surface area contributed by atoms with Crippen LogP contribution in [0.3, 0.4) is 0 Å². The summed E-state index contributed by atoms with van der Waals surface area (Å²) in [6.07, 6.45) is 1.05. The predicted octanol–water partition coefficient (Wildman–Crippen LogP) is -0.296. The molecule has 1 saturated heterocycles. The minimum absolute atomic E-state index is 0.0350. The van der Waals surface area contributed by atoms with E-state index in [2.05, 4.69) is 10.7 Å². The molecule has 1 aliphatic heterocycles. The molecule has 1 aliphatic rings. The normalized spacial score (nSPS) is 15.8. The van der Waals surface area contributed by atoms with Gasteiger partial charge in [-0.25, -0.2) is 9.80 Å². The molecule has 19 heavy (non-hydrogen) atoms. The van der Waals surface area contributed by atoms with Crippen LogP contribution < -0.4 is 10.7 Å². The quantitative estimate of drug-likeness (QED) is 0.574. The van der Waals surface area contributed by atoms with Crippen molar-refractivity contribution in [1.29, 1.82) is 0 Å². The number of ether oxygens (including phenoxy) is 1. The lowest BCUT2D eigenvalue weighted by molar-refractivity contribution is -0.137. The number of carbonyl (C=O) groups is 3. The Bertz CT molecular complexity index is 328. The van der Waals surface area contributed by atoms with Crippen LogP contribution in [0.2, 0.25) is 0 Å². The standard InChI is InChI=1S/C11H19N3O5/c15-9(3-1-2-4-10(16)17)12-11(18)13-14-5-7-19-8-6-14/h1-8H2,(H,16,17)(H2,12,13,15,18). The van der Waals surface area contributed by atoms with Gasteiger partial charge in [0, 0.05) is 25.9 Å². The highest BCUT2D eigenvalue weighted by molar-refractivity contribution is 5.94. The second-order valence-corrected chi connectivity index (χ2v) is 4.19. The average molecular weight is 273 g/mol. The lowest BCUT2D eigenvalue weighted by Crippen LogP contribution is -2.52. The minimum Gasteiger partial charge on any atom is -0.481 e. The number of amides is 3. The molecule has 0 spiro atoms. The van der Waals surface area contributed by atoms with Crippen molar-refractivity contribution in [3.63, 3.8) is 0 Å². The molecule has 0 unspecified atom stereocenters. The summed E-state index contributed by atoms with van der Waals surface area (Å²) in [6, 6.07) is -0.565. The van der Waals surface area contributed by atoms with Gasteiger partial charge in [-0.15, -0.1) is 0 Å². The highest BCUT2D eigenvalue weighted by Crippen LogP contribution is 1.99. The Morgan fingerprint density at radius 1 is 1.11 bits per heavy atom. The van der Waals surface area contributed by atoms with E-state index in [1.54, 1.807) is 5.01 Å². The Labute approximate surface area is 111 Å². The van der Waals surface area contributed by atoms with E-state index in [1.165, 1.54) is 0 Å². The first kappa shape index (κ1) is 15.4. The van der Waals surface area contributed by atoms with Crippen LogP contribution in [0.4, 0.5) is 4.79 Å². The Morgan fingerprint density at radius 2 is 1.74 bits per heavy atom. The minimum atomic E-state index is -0.884. The third-order valence-corrected chi connectivity index (χ3v) is 2.57. The number of aliphatic carboxylic acids is 1. The fourth-order valence-corrected chi connectivity index (χ4v) is 1.60. The van der Waals surface area contributed by atoms with Crippen LogP contribution in [0.15, 0.2) is 0 Å². The molecule has 1 fully saturated rings. The van der Waals surface area contributed by atoms with E-state index < -0.39 is 17.9 Å². The fraction of sp³-hybridized carbons (Fsp3) is 0.727. The number of carboxylic acids is 1. The van der Waals surface area contributed by atoms with Crippen molar-refractivity contribution in [2.24, 2.45) is 0 Å². The van der Waals surface area contributed by atoms with Gasteiger partial charge in [0.25, 0.3) is 0 Å². The van der Waals surface area contributed by atoms with Crippen molar-refractivity contribution in [1.82, 2.24) is 15.8 Å². The number of nitrogens with one attached hydrogen (secondary N) is 2. The molecule has 0 aliphatic carbocycles. The van der Waals surface area contributed by atoms with Gasteiger partial charge in [0.1, 0.15) is 0 Å². The largest absolute Gasteiger partial charge is 0.481 e. The third kappa shape index (κ3) is 7.37. The van der Waals surface area contributed by atoms with Crippen molar-refractivity contribution in [2.75, 3.05) is 26.3 Å². The van der Waals surface area contributed by atoms with E-state index in [0.717, 1.165) is 0 Å². The molecule has 108 valence electrons. The molecule has 0 bridgehead atoms. The fourth-order valence-electron chi connectivity index (χ4n) is 1.60. The lowest BCUT2D eigenvalue weighted by atomic mass is 10.2. The molecular formula is C11H19N3O5. The van der Waals surface area contributed by atoms with Crippen LogP contribution in [0.25, 0.3) is 0 Å². The average Bonchev–Trinajstić information content (AvgIpc) is 2.35. The summed E-state index contributed by atoms with van der Waals surface area (Å²) in [4.78, 5) is 33.1. The molecule has 0 aromatic carbocycles. The molecule has 3 N–H and O–H groups in total. The van der Waals surface area contributed by atoms with E-state index in [1.807, 2.05) is 0 Å². The van der Waals surface area contributed by atoms with E-state index in [4.69, 9.17) is 9.84 Å².